The topological polar surface area (TPSA) is 123 Å². The molecule has 0 fully saturated rings. The lowest BCUT2D eigenvalue weighted by Crippen LogP contribution is -2.48. The summed E-state index contributed by atoms with van der Waals surface area (Å²) in [5.74, 6) is 0.546. The molecular weight excluding hydrogens is 429 g/mol. The number of aromatic nitrogens is 3. The number of phenolic OH excluding ortho intramolecular Hbond substituents is 1. The van der Waals surface area contributed by atoms with Crippen LogP contribution >= 0.6 is 0 Å². The minimum absolute atomic E-state index is 0.0366. The van der Waals surface area contributed by atoms with E-state index >= 15 is 0 Å². The molecule has 0 bridgehead atoms. The number of alkyl halides is 1. The molecule has 4 aromatic rings. The van der Waals surface area contributed by atoms with E-state index in [-0.39, 0.29) is 18.2 Å². The van der Waals surface area contributed by atoms with Crippen molar-refractivity contribution < 1.29 is 24.2 Å². The number of carbonyl (C=O) groups is 2. The molecule has 4 N–H and O–H groups in total. The number of halogens is 1. The van der Waals surface area contributed by atoms with Crippen molar-refractivity contribution in [3.63, 3.8) is 0 Å². The molecule has 3 heterocycles. The number of fused-ring (bicyclic) bond motifs is 3. The maximum atomic E-state index is 13.2. The Bertz CT molecular complexity index is 1410. The lowest BCUT2D eigenvalue weighted by Gasteiger charge is -2.31. The number of nitrogens with one attached hydrogen (secondary N) is 2. The molecule has 5 rings (SSSR count). The summed E-state index contributed by atoms with van der Waals surface area (Å²) in [7, 11) is 1.89. The third-order valence-electron chi connectivity index (χ3n) is 6.10. The standard InChI is InChI=1S/C23H22FN5O4/c1-28-18-8-12-5-6-29(11-14(10-24)25-23(32)33)22(31)15(12)9-16(18)27-21(28)17-7-13-3-2-4-19(30)20(13)26-17/h2-4,7-9,14,25-26,30H,5-6,10-11H2,1H3,(H,32,33)/t14-/m1/s1. The monoisotopic (exact) mass is 451 g/mol. The van der Waals surface area contributed by atoms with Gasteiger partial charge in [-0.05, 0) is 36.2 Å². The van der Waals surface area contributed by atoms with Crippen molar-refractivity contribution in [2.45, 2.75) is 12.5 Å². The van der Waals surface area contributed by atoms with E-state index in [4.69, 9.17) is 10.1 Å². The minimum atomic E-state index is -1.32. The van der Waals surface area contributed by atoms with Crippen LogP contribution in [0.5, 0.6) is 5.75 Å². The molecule has 2 aromatic carbocycles. The molecule has 1 atom stereocenters. The molecule has 0 unspecified atom stereocenters. The fourth-order valence-corrected chi connectivity index (χ4v) is 4.46. The van der Waals surface area contributed by atoms with Crippen molar-refractivity contribution in [3.05, 3.63) is 47.5 Å². The quantitative estimate of drug-likeness (QED) is 0.371. The third-order valence-corrected chi connectivity index (χ3v) is 6.10. The molecule has 0 saturated heterocycles. The number of carboxylic acid groups (broad SMARTS) is 1. The van der Waals surface area contributed by atoms with Crippen LogP contribution in [0.25, 0.3) is 33.5 Å². The molecule has 0 spiro atoms. The Kier molecular flexibility index (Phi) is 4.92. The summed E-state index contributed by atoms with van der Waals surface area (Å²) in [4.78, 5) is 33.3. The van der Waals surface area contributed by atoms with Crippen LogP contribution in [0.15, 0.2) is 36.4 Å². The van der Waals surface area contributed by atoms with Crippen molar-refractivity contribution in [2.75, 3.05) is 19.8 Å². The minimum Gasteiger partial charge on any atom is -0.506 e. The lowest BCUT2D eigenvalue weighted by molar-refractivity contribution is 0.0714. The molecule has 0 saturated carbocycles. The Labute approximate surface area is 187 Å². The molecule has 2 amide bonds. The molecule has 1 aliphatic heterocycles. The molecule has 33 heavy (non-hydrogen) atoms. The number of amides is 2. The highest BCUT2D eigenvalue weighted by Crippen LogP contribution is 2.32. The van der Waals surface area contributed by atoms with Gasteiger partial charge < -0.3 is 30.0 Å². The molecule has 9 nitrogen and oxygen atoms in total. The van der Waals surface area contributed by atoms with Crippen LogP contribution in [-0.2, 0) is 13.5 Å². The smallest absolute Gasteiger partial charge is 0.405 e. The molecule has 0 radical (unpaired) electrons. The van der Waals surface area contributed by atoms with Crippen LogP contribution < -0.4 is 5.32 Å². The third kappa shape index (κ3) is 3.53. The first-order chi connectivity index (χ1) is 15.9. The predicted molar refractivity (Wildman–Crippen MR) is 120 cm³/mol. The number of aryl methyl sites for hydroxylation is 1. The average molecular weight is 451 g/mol. The first kappa shape index (κ1) is 20.8. The summed E-state index contributed by atoms with van der Waals surface area (Å²) in [6.45, 7) is -0.558. The largest absolute Gasteiger partial charge is 0.506 e. The van der Waals surface area contributed by atoms with E-state index in [0.29, 0.717) is 35.4 Å². The highest BCUT2D eigenvalue weighted by atomic mass is 19.1. The van der Waals surface area contributed by atoms with E-state index < -0.39 is 18.8 Å². The summed E-state index contributed by atoms with van der Waals surface area (Å²) < 4.78 is 15.2. The van der Waals surface area contributed by atoms with E-state index in [2.05, 4.69) is 10.3 Å². The van der Waals surface area contributed by atoms with Gasteiger partial charge in [0.1, 0.15) is 12.4 Å². The van der Waals surface area contributed by atoms with Gasteiger partial charge in [-0.25, -0.2) is 14.2 Å². The molecule has 0 aliphatic carbocycles. The van der Waals surface area contributed by atoms with Crippen LogP contribution in [0.3, 0.4) is 0 Å². The summed E-state index contributed by atoms with van der Waals surface area (Å²) in [5, 5.41) is 21.9. The van der Waals surface area contributed by atoms with Gasteiger partial charge in [0.25, 0.3) is 5.91 Å². The van der Waals surface area contributed by atoms with Crippen molar-refractivity contribution in [2.24, 2.45) is 7.05 Å². The summed E-state index contributed by atoms with van der Waals surface area (Å²) >= 11 is 0. The molecule has 170 valence electrons. The zero-order chi connectivity index (χ0) is 23.3. The number of H-pyrrole nitrogens is 1. The van der Waals surface area contributed by atoms with Crippen molar-refractivity contribution in [3.8, 4) is 17.3 Å². The normalized spacial score (nSPS) is 14.6. The van der Waals surface area contributed by atoms with E-state index in [1.54, 1.807) is 18.2 Å². The van der Waals surface area contributed by atoms with Crippen LogP contribution in [0.4, 0.5) is 9.18 Å². The zero-order valence-electron chi connectivity index (χ0n) is 17.8. The maximum Gasteiger partial charge on any atom is 0.405 e. The predicted octanol–water partition coefficient (Wildman–Crippen LogP) is 3.03. The Balaban J connectivity index is 1.50. The van der Waals surface area contributed by atoms with Crippen LogP contribution in [-0.4, -0.2) is 67.5 Å². The summed E-state index contributed by atoms with van der Waals surface area (Å²) in [5.41, 5.74) is 4.22. The van der Waals surface area contributed by atoms with Crippen molar-refractivity contribution >= 4 is 33.9 Å². The number of aromatic hydroxyl groups is 1. The number of aromatic amines is 1. The Hall–Kier alpha value is -4.08. The van der Waals surface area contributed by atoms with E-state index in [0.717, 1.165) is 22.2 Å². The fraction of sp³-hybridized carbons (Fsp3) is 0.261. The fourth-order valence-electron chi connectivity index (χ4n) is 4.46. The summed E-state index contributed by atoms with van der Waals surface area (Å²) in [6, 6.07) is 9.90. The van der Waals surface area contributed by atoms with Gasteiger partial charge >= 0.3 is 6.09 Å². The second-order valence-electron chi connectivity index (χ2n) is 8.22. The number of hydrogen-bond donors (Lipinski definition) is 4. The molecular formula is C23H22FN5O4. The number of para-hydroxylation sites is 1. The van der Waals surface area contributed by atoms with Gasteiger partial charge in [-0.3, -0.25) is 4.79 Å². The maximum absolute atomic E-state index is 13.2. The van der Waals surface area contributed by atoms with Gasteiger partial charge in [0.15, 0.2) is 5.82 Å². The van der Waals surface area contributed by atoms with Crippen LogP contribution in [0.1, 0.15) is 15.9 Å². The van der Waals surface area contributed by atoms with Gasteiger partial charge in [-0.2, -0.15) is 0 Å². The van der Waals surface area contributed by atoms with Crippen LogP contribution in [0.2, 0.25) is 0 Å². The number of phenols is 1. The van der Waals surface area contributed by atoms with Gasteiger partial charge in [-0.15, -0.1) is 0 Å². The highest BCUT2D eigenvalue weighted by molar-refractivity contribution is 6.00. The SMILES string of the molecule is Cn1c(-c2cc3cccc(O)c3[nH]2)nc2cc3c(cc21)CCN(C[C@@H](CF)NC(=O)O)C3=O. The van der Waals surface area contributed by atoms with Gasteiger partial charge in [-0.1, -0.05) is 12.1 Å². The Morgan fingerprint density at radius 1 is 1.33 bits per heavy atom. The molecule has 10 heteroatoms. The number of nitrogens with zero attached hydrogens (tertiary/aromatic N) is 3. The van der Waals surface area contributed by atoms with E-state index in [1.807, 2.05) is 29.8 Å². The average Bonchev–Trinajstić information content (AvgIpc) is 3.36. The first-order valence-corrected chi connectivity index (χ1v) is 10.5. The van der Waals surface area contributed by atoms with Gasteiger partial charge in [0.2, 0.25) is 0 Å². The highest BCUT2D eigenvalue weighted by Gasteiger charge is 2.28. The van der Waals surface area contributed by atoms with E-state index in [9.17, 15) is 19.1 Å². The summed E-state index contributed by atoms with van der Waals surface area (Å²) in [6.07, 6.45) is -0.750. The van der Waals surface area contributed by atoms with E-state index in [1.165, 1.54) is 4.90 Å². The van der Waals surface area contributed by atoms with Gasteiger partial charge in [0, 0.05) is 31.1 Å². The first-order valence-electron chi connectivity index (χ1n) is 10.5. The lowest BCUT2D eigenvalue weighted by atomic mass is 9.97. The number of imidazole rings is 1. The second kappa shape index (κ2) is 7.80. The molecule has 2 aromatic heterocycles. The van der Waals surface area contributed by atoms with Gasteiger partial charge in [0.05, 0.1) is 28.3 Å². The Morgan fingerprint density at radius 3 is 2.88 bits per heavy atom. The zero-order valence-corrected chi connectivity index (χ0v) is 17.8. The Morgan fingerprint density at radius 2 is 2.15 bits per heavy atom. The number of carbonyl (C=O) groups excluding carboxylic acids is 1. The second-order valence-corrected chi connectivity index (χ2v) is 8.22. The number of hydrogen-bond acceptors (Lipinski definition) is 4. The number of rotatable bonds is 5. The number of benzene rings is 2. The van der Waals surface area contributed by atoms with Crippen LogP contribution in [0, 0.1) is 0 Å². The van der Waals surface area contributed by atoms with Crippen molar-refractivity contribution in [1.29, 1.82) is 0 Å². The van der Waals surface area contributed by atoms with Crippen molar-refractivity contribution in [1.82, 2.24) is 24.8 Å². The molecule has 1 aliphatic rings.